The van der Waals surface area contributed by atoms with Crippen LogP contribution in [0.5, 0.6) is 0 Å². The Kier molecular flexibility index (Phi) is 4.80. The molecule has 1 aromatic rings. The lowest BCUT2D eigenvalue weighted by atomic mass is 9.78. The molecule has 1 saturated carbocycles. The number of nitrogens with one attached hydrogen (secondary N) is 1. The summed E-state index contributed by atoms with van der Waals surface area (Å²) in [5.41, 5.74) is 1.07. The normalized spacial score (nSPS) is 17.1. The van der Waals surface area contributed by atoms with Crippen LogP contribution in [0.4, 0.5) is 11.5 Å². The number of nitro groups is 1. The molecule has 1 fully saturated rings. The molecule has 0 aromatic carbocycles. The van der Waals surface area contributed by atoms with Crippen molar-refractivity contribution in [2.75, 3.05) is 11.9 Å². The fourth-order valence-corrected chi connectivity index (χ4v) is 3.53. The second-order valence-corrected chi connectivity index (χ2v) is 6.77. The first-order chi connectivity index (χ1) is 9.92. The Morgan fingerprint density at radius 2 is 2.10 bits per heavy atom. The number of hydrogen-bond acceptors (Lipinski definition) is 4. The van der Waals surface area contributed by atoms with Gasteiger partial charge in [-0.3, -0.25) is 10.1 Å². The molecule has 1 heterocycles. The predicted molar refractivity (Wildman–Crippen MR) is 84.5 cm³/mol. The maximum atomic E-state index is 11.0. The van der Waals surface area contributed by atoms with Gasteiger partial charge in [-0.05, 0) is 37.5 Å². The van der Waals surface area contributed by atoms with Gasteiger partial charge in [0, 0.05) is 18.3 Å². The first-order valence-electron chi connectivity index (χ1n) is 7.77. The molecule has 21 heavy (non-hydrogen) atoms. The van der Waals surface area contributed by atoms with E-state index in [1.165, 1.54) is 32.1 Å². The number of aryl methyl sites for hydroxylation is 1. The Bertz CT molecular complexity index is 508. The second kappa shape index (κ2) is 6.41. The number of aromatic nitrogens is 1. The Balaban J connectivity index is 2.07. The fraction of sp³-hybridized carbons (Fsp3) is 0.688. The van der Waals surface area contributed by atoms with Crippen LogP contribution in [-0.4, -0.2) is 16.5 Å². The quantitative estimate of drug-likeness (QED) is 0.626. The van der Waals surface area contributed by atoms with Gasteiger partial charge in [0.25, 0.3) is 5.69 Å². The Labute approximate surface area is 126 Å². The molecule has 0 spiro atoms. The zero-order chi connectivity index (χ0) is 15.5. The van der Waals surface area contributed by atoms with E-state index in [-0.39, 0.29) is 10.6 Å². The number of hydrogen-bond donors (Lipinski definition) is 1. The van der Waals surface area contributed by atoms with Crippen LogP contribution in [0.15, 0.2) is 12.3 Å². The van der Waals surface area contributed by atoms with Crippen LogP contribution in [0.25, 0.3) is 0 Å². The Morgan fingerprint density at radius 3 is 2.67 bits per heavy atom. The molecule has 1 aliphatic rings. The SMILES string of the molecule is Cc1cnc(NCC2(CC(C)C)CCCC2)cc1[N+](=O)[O-]. The average Bonchev–Trinajstić information content (AvgIpc) is 2.85. The molecule has 0 radical (unpaired) electrons. The van der Waals surface area contributed by atoms with Crippen LogP contribution >= 0.6 is 0 Å². The summed E-state index contributed by atoms with van der Waals surface area (Å²) in [6, 6.07) is 1.55. The number of pyridine rings is 1. The van der Waals surface area contributed by atoms with E-state index in [0.29, 0.717) is 22.7 Å². The van der Waals surface area contributed by atoms with Gasteiger partial charge in [-0.1, -0.05) is 26.7 Å². The summed E-state index contributed by atoms with van der Waals surface area (Å²) < 4.78 is 0. The maximum absolute atomic E-state index is 11.0. The zero-order valence-corrected chi connectivity index (χ0v) is 13.2. The topological polar surface area (TPSA) is 68.1 Å². The fourth-order valence-electron chi connectivity index (χ4n) is 3.53. The summed E-state index contributed by atoms with van der Waals surface area (Å²) in [6.45, 7) is 7.09. The molecule has 5 heteroatoms. The predicted octanol–water partition coefficient (Wildman–Crippen LogP) is 4.32. The number of rotatable bonds is 6. The van der Waals surface area contributed by atoms with Gasteiger partial charge < -0.3 is 5.32 Å². The van der Waals surface area contributed by atoms with E-state index in [4.69, 9.17) is 0 Å². The highest BCUT2D eigenvalue weighted by Gasteiger charge is 2.34. The van der Waals surface area contributed by atoms with E-state index in [1.54, 1.807) is 19.2 Å². The summed E-state index contributed by atoms with van der Waals surface area (Å²) in [5.74, 6) is 1.28. The van der Waals surface area contributed by atoms with Gasteiger partial charge >= 0.3 is 0 Å². The zero-order valence-electron chi connectivity index (χ0n) is 13.2. The highest BCUT2D eigenvalue weighted by Crippen LogP contribution is 2.43. The molecule has 1 aliphatic carbocycles. The minimum Gasteiger partial charge on any atom is -0.369 e. The van der Waals surface area contributed by atoms with Gasteiger partial charge in [-0.15, -0.1) is 0 Å². The molecule has 1 aromatic heterocycles. The molecule has 116 valence electrons. The minimum atomic E-state index is -0.346. The molecule has 0 amide bonds. The first-order valence-corrected chi connectivity index (χ1v) is 7.77. The summed E-state index contributed by atoms with van der Waals surface area (Å²) in [7, 11) is 0. The number of nitrogens with zero attached hydrogens (tertiary/aromatic N) is 2. The van der Waals surface area contributed by atoms with Crippen molar-refractivity contribution in [1.82, 2.24) is 4.98 Å². The van der Waals surface area contributed by atoms with Crippen LogP contribution in [0.3, 0.4) is 0 Å². The highest BCUT2D eigenvalue weighted by atomic mass is 16.6. The van der Waals surface area contributed by atoms with E-state index in [2.05, 4.69) is 24.1 Å². The van der Waals surface area contributed by atoms with Crippen LogP contribution in [-0.2, 0) is 0 Å². The Morgan fingerprint density at radius 1 is 1.43 bits per heavy atom. The van der Waals surface area contributed by atoms with E-state index < -0.39 is 0 Å². The number of anilines is 1. The van der Waals surface area contributed by atoms with Crippen molar-refractivity contribution in [2.24, 2.45) is 11.3 Å². The van der Waals surface area contributed by atoms with Crippen molar-refractivity contribution in [1.29, 1.82) is 0 Å². The van der Waals surface area contributed by atoms with Crippen molar-refractivity contribution in [2.45, 2.75) is 52.9 Å². The van der Waals surface area contributed by atoms with Gasteiger partial charge in [-0.2, -0.15) is 0 Å². The van der Waals surface area contributed by atoms with Crippen molar-refractivity contribution in [3.05, 3.63) is 27.9 Å². The van der Waals surface area contributed by atoms with E-state index in [1.807, 2.05) is 0 Å². The van der Waals surface area contributed by atoms with Crippen molar-refractivity contribution in [3.63, 3.8) is 0 Å². The van der Waals surface area contributed by atoms with Crippen LogP contribution in [0, 0.1) is 28.4 Å². The molecule has 1 N–H and O–H groups in total. The van der Waals surface area contributed by atoms with Gasteiger partial charge in [-0.25, -0.2) is 4.98 Å². The molecule has 2 rings (SSSR count). The highest BCUT2D eigenvalue weighted by molar-refractivity contribution is 5.49. The summed E-state index contributed by atoms with van der Waals surface area (Å²) in [4.78, 5) is 14.9. The van der Waals surface area contributed by atoms with Crippen molar-refractivity contribution >= 4 is 11.5 Å². The summed E-state index contributed by atoms with van der Waals surface area (Å²) in [6.07, 6.45) is 7.84. The molecular formula is C16H25N3O2. The third-order valence-electron chi connectivity index (χ3n) is 4.42. The molecule has 0 unspecified atom stereocenters. The third kappa shape index (κ3) is 3.93. The van der Waals surface area contributed by atoms with Gasteiger partial charge in [0.05, 0.1) is 11.0 Å². The lowest BCUT2D eigenvalue weighted by Gasteiger charge is -2.31. The molecule has 0 saturated heterocycles. The molecular weight excluding hydrogens is 266 g/mol. The van der Waals surface area contributed by atoms with E-state index in [0.717, 1.165) is 6.54 Å². The maximum Gasteiger partial charge on any atom is 0.277 e. The van der Waals surface area contributed by atoms with Gasteiger partial charge in [0.15, 0.2) is 0 Å². The molecule has 0 atom stereocenters. The van der Waals surface area contributed by atoms with E-state index >= 15 is 0 Å². The van der Waals surface area contributed by atoms with Crippen LogP contribution in [0.1, 0.15) is 51.5 Å². The lowest BCUT2D eigenvalue weighted by Crippen LogP contribution is -2.28. The van der Waals surface area contributed by atoms with Crippen molar-refractivity contribution < 1.29 is 4.92 Å². The van der Waals surface area contributed by atoms with Crippen LogP contribution in [0.2, 0.25) is 0 Å². The Hall–Kier alpha value is -1.65. The van der Waals surface area contributed by atoms with Gasteiger partial charge in [0.2, 0.25) is 0 Å². The summed E-state index contributed by atoms with van der Waals surface area (Å²) >= 11 is 0. The monoisotopic (exact) mass is 291 g/mol. The summed E-state index contributed by atoms with van der Waals surface area (Å²) in [5, 5.41) is 14.3. The minimum absolute atomic E-state index is 0.136. The second-order valence-electron chi connectivity index (χ2n) is 6.77. The van der Waals surface area contributed by atoms with Gasteiger partial charge in [0.1, 0.15) is 5.82 Å². The van der Waals surface area contributed by atoms with Crippen LogP contribution < -0.4 is 5.32 Å². The first kappa shape index (κ1) is 15.7. The molecule has 5 nitrogen and oxygen atoms in total. The third-order valence-corrected chi connectivity index (χ3v) is 4.42. The average molecular weight is 291 g/mol. The molecule has 0 aliphatic heterocycles. The standard InChI is InChI=1S/C16H25N3O2/c1-12(2)9-16(6-4-5-7-16)11-18-15-8-14(19(20)21)13(3)10-17-15/h8,10,12H,4-7,9,11H2,1-3H3,(H,17,18). The smallest absolute Gasteiger partial charge is 0.277 e. The lowest BCUT2D eigenvalue weighted by molar-refractivity contribution is -0.385. The van der Waals surface area contributed by atoms with Crippen molar-refractivity contribution in [3.8, 4) is 0 Å². The van der Waals surface area contributed by atoms with E-state index in [9.17, 15) is 10.1 Å². The largest absolute Gasteiger partial charge is 0.369 e. The molecule has 0 bridgehead atoms.